The van der Waals surface area contributed by atoms with Crippen molar-refractivity contribution in [2.45, 2.75) is 50.7 Å². The van der Waals surface area contributed by atoms with Gasteiger partial charge in [0.05, 0.1) is 4.90 Å². The first kappa shape index (κ1) is 19.9. The Bertz CT molecular complexity index is 579. The highest BCUT2D eigenvalue weighted by Crippen LogP contribution is 2.17. The van der Waals surface area contributed by atoms with Gasteiger partial charge < -0.3 is 15.2 Å². The van der Waals surface area contributed by atoms with Crippen molar-refractivity contribution in [3.8, 4) is 5.75 Å². The summed E-state index contributed by atoms with van der Waals surface area (Å²) in [5.41, 5.74) is -0.0354. The van der Waals surface area contributed by atoms with E-state index in [1.54, 1.807) is 12.1 Å². The summed E-state index contributed by atoms with van der Waals surface area (Å²) in [6, 6.07) is 6.19. The van der Waals surface area contributed by atoms with Gasteiger partial charge in [-0.2, -0.15) is 0 Å². The molecule has 0 saturated heterocycles. The third-order valence-electron chi connectivity index (χ3n) is 3.43. The van der Waals surface area contributed by atoms with Crippen LogP contribution in [-0.4, -0.2) is 44.6 Å². The van der Waals surface area contributed by atoms with Crippen LogP contribution in [0.1, 0.15) is 34.1 Å². The summed E-state index contributed by atoms with van der Waals surface area (Å²) in [7, 11) is -3.20. The molecule has 132 valence electrons. The van der Waals surface area contributed by atoms with E-state index >= 15 is 0 Å². The van der Waals surface area contributed by atoms with Gasteiger partial charge in [0, 0.05) is 18.3 Å². The first-order valence-electron chi connectivity index (χ1n) is 7.85. The van der Waals surface area contributed by atoms with Crippen LogP contribution < -0.4 is 10.1 Å². The lowest BCUT2D eigenvalue weighted by atomic mass is 9.92. The van der Waals surface area contributed by atoms with E-state index in [0.29, 0.717) is 18.2 Å². The fourth-order valence-corrected chi connectivity index (χ4v) is 3.15. The quantitative estimate of drug-likeness (QED) is 0.719. The third kappa shape index (κ3) is 7.81. The summed E-state index contributed by atoms with van der Waals surface area (Å²) >= 11 is 0. The number of hydrogen-bond donors (Lipinski definition) is 2. The maximum absolute atomic E-state index is 11.4. The summed E-state index contributed by atoms with van der Waals surface area (Å²) in [6.07, 6.45) is 1.56. The molecule has 23 heavy (non-hydrogen) atoms. The molecular weight excluding hydrogens is 314 g/mol. The average molecular weight is 343 g/mol. The number of sulfone groups is 1. The average Bonchev–Trinajstić information content (AvgIpc) is 2.41. The van der Waals surface area contributed by atoms with Crippen molar-refractivity contribution < 1.29 is 18.3 Å². The summed E-state index contributed by atoms with van der Waals surface area (Å²) in [6.45, 7) is 9.17. The zero-order chi connectivity index (χ0) is 17.7. The number of aliphatic hydroxyl groups is 1. The molecule has 0 heterocycles. The van der Waals surface area contributed by atoms with Crippen LogP contribution in [0.4, 0.5) is 0 Å². The van der Waals surface area contributed by atoms with E-state index in [0.717, 1.165) is 12.7 Å². The summed E-state index contributed by atoms with van der Waals surface area (Å²) in [5.74, 6) is 1.12. The molecule has 0 aliphatic carbocycles. The molecule has 0 spiro atoms. The Labute approximate surface area is 140 Å². The number of rotatable bonds is 9. The molecule has 1 rings (SSSR count). The van der Waals surface area contributed by atoms with Gasteiger partial charge in [-0.25, -0.2) is 8.42 Å². The highest BCUT2D eigenvalue weighted by molar-refractivity contribution is 7.90. The van der Waals surface area contributed by atoms with Gasteiger partial charge in [-0.1, -0.05) is 13.8 Å². The first-order valence-corrected chi connectivity index (χ1v) is 9.75. The van der Waals surface area contributed by atoms with Crippen LogP contribution in [0.2, 0.25) is 0 Å². The molecule has 1 aromatic carbocycles. The zero-order valence-electron chi connectivity index (χ0n) is 14.7. The van der Waals surface area contributed by atoms with Gasteiger partial charge in [0.15, 0.2) is 9.84 Å². The van der Waals surface area contributed by atoms with Crippen LogP contribution in [0.15, 0.2) is 29.2 Å². The fraction of sp³-hybridized carbons (Fsp3) is 0.647. The van der Waals surface area contributed by atoms with Crippen LogP contribution in [0.3, 0.4) is 0 Å². The van der Waals surface area contributed by atoms with E-state index in [-0.39, 0.29) is 17.0 Å². The predicted octanol–water partition coefficient (Wildman–Crippen LogP) is 2.24. The molecule has 0 aliphatic rings. The normalized spacial score (nSPS) is 14.0. The Kier molecular flexibility index (Phi) is 7.04. The van der Waals surface area contributed by atoms with Crippen LogP contribution in [-0.2, 0) is 9.84 Å². The van der Waals surface area contributed by atoms with Gasteiger partial charge in [-0.15, -0.1) is 0 Å². The molecule has 0 fully saturated rings. The number of β-amino-alcohol motifs (C(OH)–C–C–N with tert-alkyl or cyclic N) is 1. The van der Waals surface area contributed by atoms with E-state index in [4.69, 9.17) is 4.74 Å². The Hall–Kier alpha value is -1.11. The minimum absolute atomic E-state index is 0.0354. The second kappa shape index (κ2) is 8.13. The smallest absolute Gasteiger partial charge is 0.175 e. The highest BCUT2D eigenvalue weighted by atomic mass is 32.2. The standard InChI is InChI=1S/C17H29NO4S/c1-13(2)10-17(3,4)18-11-14(19)12-22-15-6-8-16(9-7-15)23(5,20)21/h6-9,13-14,18-19H,10-12H2,1-5H3/t14-/m1/s1. The summed E-state index contributed by atoms with van der Waals surface area (Å²) < 4.78 is 28.3. The molecule has 0 saturated carbocycles. The lowest BCUT2D eigenvalue weighted by molar-refractivity contribution is 0.0970. The van der Waals surface area contributed by atoms with Crippen molar-refractivity contribution in [2.24, 2.45) is 5.92 Å². The molecular formula is C17H29NO4S. The van der Waals surface area contributed by atoms with Crippen molar-refractivity contribution in [2.75, 3.05) is 19.4 Å². The maximum atomic E-state index is 11.4. The third-order valence-corrected chi connectivity index (χ3v) is 4.56. The fourth-order valence-electron chi connectivity index (χ4n) is 2.52. The number of ether oxygens (including phenoxy) is 1. The van der Waals surface area contributed by atoms with Crippen molar-refractivity contribution in [1.82, 2.24) is 5.32 Å². The van der Waals surface area contributed by atoms with Crippen molar-refractivity contribution in [3.63, 3.8) is 0 Å². The lowest BCUT2D eigenvalue weighted by Crippen LogP contribution is -2.45. The first-order chi connectivity index (χ1) is 10.5. The van der Waals surface area contributed by atoms with Crippen LogP contribution in [0.25, 0.3) is 0 Å². The molecule has 0 unspecified atom stereocenters. The van der Waals surface area contributed by atoms with Gasteiger partial charge in [0.2, 0.25) is 0 Å². The Morgan fingerprint density at radius 3 is 2.26 bits per heavy atom. The second-order valence-corrected chi connectivity index (χ2v) is 9.09. The van der Waals surface area contributed by atoms with Crippen LogP contribution in [0.5, 0.6) is 5.75 Å². The molecule has 1 aromatic rings. The molecule has 0 amide bonds. The zero-order valence-corrected chi connectivity index (χ0v) is 15.5. The maximum Gasteiger partial charge on any atom is 0.175 e. The topological polar surface area (TPSA) is 75.6 Å². The minimum atomic E-state index is -3.20. The minimum Gasteiger partial charge on any atom is -0.491 e. The van der Waals surface area contributed by atoms with E-state index < -0.39 is 15.9 Å². The van der Waals surface area contributed by atoms with Gasteiger partial charge in [0.25, 0.3) is 0 Å². The molecule has 1 atom stereocenters. The SMILES string of the molecule is CC(C)CC(C)(C)NC[C@@H](O)COc1ccc(S(C)(=O)=O)cc1. The molecule has 2 N–H and O–H groups in total. The molecule has 0 aliphatic heterocycles. The van der Waals surface area contributed by atoms with E-state index in [9.17, 15) is 13.5 Å². The van der Waals surface area contributed by atoms with Crippen molar-refractivity contribution >= 4 is 9.84 Å². The van der Waals surface area contributed by atoms with E-state index in [2.05, 4.69) is 33.0 Å². The monoisotopic (exact) mass is 343 g/mol. The molecule has 6 heteroatoms. The van der Waals surface area contributed by atoms with Crippen LogP contribution >= 0.6 is 0 Å². The Balaban J connectivity index is 2.43. The molecule has 5 nitrogen and oxygen atoms in total. The van der Waals surface area contributed by atoms with Gasteiger partial charge >= 0.3 is 0 Å². The number of nitrogens with one attached hydrogen (secondary N) is 1. The number of hydrogen-bond acceptors (Lipinski definition) is 5. The Morgan fingerprint density at radius 2 is 1.78 bits per heavy atom. The lowest BCUT2D eigenvalue weighted by Gasteiger charge is -2.29. The number of aliphatic hydroxyl groups excluding tert-OH is 1. The molecule has 0 aromatic heterocycles. The van der Waals surface area contributed by atoms with Crippen molar-refractivity contribution in [1.29, 1.82) is 0 Å². The number of benzene rings is 1. The van der Waals surface area contributed by atoms with Crippen LogP contribution in [0, 0.1) is 5.92 Å². The molecule has 0 bridgehead atoms. The van der Waals surface area contributed by atoms with E-state index in [1.165, 1.54) is 12.1 Å². The Morgan fingerprint density at radius 1 is 1.22 bits per heavy atom. The summed E-state index contributed by atoms with van der Waals surface area (Å²) in [4.78, 5) is 0.252. The van der Waals surface area contributed by atoms with Gasteiger partial charge in [0.1, 0.15) is 18.5 Å². The molecule has 0 radical (unpaired) electrons. The largest absolute Gasteiger partial charge is 0.491 e. The highest BCUT2D eigenvalue weighted by Gasteiger charge is 2.20. The summed E-state index contributed by atoms with van der Waals surface area (Å²) in [5, 5.41) is 13.4. The van der Waals surface area contributed by atoms with Crippen molar-refractivity contribution in [3.05, 3.63) is 24.3 Å². The van der Waals surface area contributed by atoms with Gasteiger partial charge in [-0.05, 0) is 50.5 Å². The second-order valence-electron chi connectivity index (χ2n) is 7.07. The van der Waals surface area contributed by atoms with E-state index in [1.807, 2.05) is 0 Å². The van der Waals surface area contributed by atoms with Gasteiger partial charge in [-0.3, -0.25) is 0 Å². The predicted molar refractivity (Wildman–Crippen MR) is 92.6 cm³/mol.